The molecule has 5 heteroatoms. The Morgan fingerprint density at radius 1 is 1.28 bits per heavy atom. The number of nitrogens with one attached hydrogen (secondary N) is 1. The van der Waals surface area contributed by atoms with E-state index in [1.54, 1.807) is 0 Å². The summed E-state index contributed by atoms with van der Waals surface area (Å²) in [5.41, 5.74) is 2.10. The Balaban J connectivity index is 1.89. The van der Waals surface area contributed by atoms with Gasteiger partial charge in [-0.05, 0) is 43.0 Å². The highest BCUT2D eigenvalue weighted by Crippen LogP contribution is 2.18. The monoisotopic (exact) mass is 347 g/mol. The minimum absolute atomic E-state index is 0.0443. The third kappa shape index (κ3) is 6.77. The average Bonchev–Trinajstić information content (AvgIpc) is 2.56. The van der Waals surface area contributed by atoms with Gasteiger partial charge in [0.25, 0.3) is 0 Å². The molecule has 0 saturated carbocycles. The van der Waals surface area contributed by atoms with Crippen LogP contribution in [0.5, 0.6) is 0 Å². The number of rotatable bonds is 8. The minimum Gasteiger partial charge on any atom is -0.396 e. The van der Waals surface area contributed by atoms with Gasteiger partial charge in [0.05, 0.1) is 0 Å². The van der Waals surface area contributed by atoms with Crippen LogP contribution in [-0.2, 0) is 11.3 Å². The molecule has 0 unspecified atom stereocenters. The number of benzene rings is 1. The standard InChI is InChI=1S/C20H33N3O2/c1-16(2)8-10-23-12-11-22(15-20(23)9-13-24)14-18-4-6-19(7-5-18)21-17(3)25/h4-7,16,20,24H,8-15H2,1-3H3,(H,21,25)/t20-/m1/s1. The van der Waals surface area contributed by atoms with E-state index in [0.717, 1.165) is 50.7 Å². The van der Waals surface area contributed by atoms with Crippen molar-refractivity contribution in [3.05, 3.63) is 29.8 Å². The topological polar surface area (TPSA) is 55.8 Å². The molecule has 25 heavy (non-hydrogen) atoms. The molecule has 1 fully saturated rings. The first-order valence-corrected chi connectivity index (χ1v) is 9.41. The Labute approximate surface area is 152 Å². The Hall–Kier alpha value is -1.43. The van der Waals surface area contributed by atoms with Crippen LogP contribution in [0.2, 0.25) is 0 Å². The Kier molecular flexibility index (Phi) is 7.88. The molecule has 0 radical (unpaired) electrons. The molecule has 2 rings (SSSR count). The third-order valence-electron chi connectivity index (χ3n) is 4.83. The first kappa shape index (κ1) is 19.9. The summed E-state index contributed by atoms with van der Waals surface area (Å²) in [6, 6.07) is 8.52. The Bertz CT molecular complexity index is 530. The molecule has 0 aromatic heterocycles. The van der Waals surface area contributed by atoms with Gasteiger partial charge >= 0.3 is 0 Å². The zero-order valence-electron chi connectivity index (χ0n) is 15.9. The second kappa shape index (κ2) is 9.90. The number of carbonyl (C=O) groups is 1. The number of nitrogens with zero attached hydrogens (tertiary/aromatic N) is 2. The highest BCUT2D eigenvalue weighted by Gasteiger charge is 2.26. The van der Waals surface area contributed by atoms with E-state index in [4.69, 9.17) is 0 Å². The van der Waals surface area contributed by atoms with Crippen molar-refractivity contribution in [3.63, 3.8) is 0 Å². The van der Waals surface area contributed by atoms with Gasteiger partial charge in [0.15, 0.2) is 0 Å². The molecule has 1 aromatic rings. The molecule has 5 nitrogen and oxygen atoms in total. The largest absolute Gasteiger partial charge is 0.396 e. The van der Waals surface area contributed by atoms with Crippen molar-refractivity contribution in [3.8, 4) is 0 Å². The minimum atomic E-state index is -0.0443. The van der Waals surface area contributed by atoms with E-state index in [2.05, 4.69) is 41.1 Å². The quantitative estimate of drug-likeness (QED) is 0.759. The summed E-state index contributed by atoms with van der Waals surface area (Å²) in [6.07, 6.45) is 2.06. The highest BCUT2D eigenvalue weighted by atomic mass is 16.3. The number of anilines is 1. The van der Waals surface area contributed by atoms with Crippen LogP contribution < -0.4 is 5.32 Å². The van der Waals surface area contributed by atoms with Gasteiger partial charge in [0.2, 0.25) is 5.91 Å². The summed E-state index contributed by atoms with van der Waals surface area (Å²) < 4.78 is 0. The average molecular weight is 348 g/mol. The van der Waals surface area contributed by atoms with Crippen molar-refractivity contribution in [1.82, 2.24) is 9.80 Å². The second-order valence-electron chi connectivity index (χ2n) is 7.50. The van der Waals surface area contributed by atoms with E-state index in [9.17, 15) is 9.90 Å². The maximum absolute atomic E-state index is 11.1. The number of piperazine rings is 1. The predicted molar refractivity (Wildman–Crippen MR) is 103 cm³/mol. The number of hydrogen-bond acceptors (Lipinski definition) is 4. The lowest BCUT2D eigenvalue weighted by Gasteiger charge is -2.41. The van der Waals surface area contributed by atoms with Gasteiger partial charge < -0.3 is 10.4 Å². The number of aliphatic hydroxyl groups is 1. The smallest absolute Gasteiger partial charge is 0.221 e. The molecule has 1 atom stereocenters. The predicted octanol–water partition coefficient (Wildman–Crippen LogP) is 2.56. The van der Waals surface area contributed by atoms with Crippen LogP contribution >= 0.6 is 0 Å². The molecule has 2 N–H and O–H groups in total. The molecule has 140 valence electrons. The molecular weight excluding hydrogens is 314 g/mol. The van der Waals surface area contributed by atoms with Gasteiger partial charge in [-0.1, -0.05) is 26.0 Å². The summed E-state index contributed by atoms with van der Waals surface area (Å²) in [7, 11) is 0. The van der Waals surface area contributed by atoms with Crippen LogP contribution in [0, 0.1) is 5.92 Å². The van der Waals surface area contributed by atoms with Gasteiger partial charge in [-0.3, -0.25) is 14.6 Å². The van der Waals surface area contributed by atoms with Gasteiger partial charge in [-0.2, -0.15) is 0 Å². The first-order chi connectivity index (χ1) is 12.0. The summed E-state index contributed by atoms with van der Waals surface area (Å²) in [6.45, 7) is 11.5. The van der Waals surface area contributed by atoms with Crippen LogP contribution in [0.1, 0.15) is 39.2 Å². The lowest BCUT2D eigenvalue weighted by Crippen LogP contribution is -2.53. The number of carbonyl (C=O) groups excluding carboxylic acids is 1. The van der Waals surface area contributed by atoms with Crippen molar-refractivity contribution >= 4 is 11.6 Å². The second-order valence-corrected chi connectivity index (χ2v) is 7.50. The summed E-state index contributed by atoms with van der Waals surface area (Å²) >= 11 is 0. The van der Waals surface area contributed by atoms with Gasteiger partial charge in [0.1, 0.15) is 0 Å². The van der Waals surface area contributed by atoms with E-state index in [1.807, 2.05) is 12.1 Å². The maximum Gasteiger partial charge on any atom is 0.221 e. The van der Waals surface area contributed by atoms with Crippen LogP contribution in [0.3, 0.4) is 0 Å². The van der Waals surface area contributed by atoms with E-state index in [1.165, 1.54) is 18.9 Å². The van der Waals surface area contributed by atoms with Crippen molar-refractivity contribution in [2.75, 3.05) is 38.1 Å². The lowest BCUT2D eigenvalue weighted by molar-refractivity contribution is -0.114. The Morgan fingerprint density at radius 2 is 2.00 bits per heavy atom. The molecule has 1 aliphatic rings. The molecule has 1 amide bonds. The first-order valence-electron chi connectivity index (χ1n) is 9.41. The van der Waals surface area contributed by atoms with E-state index >= 15 is 0 Å². The van der Waals surface area contributed by atoms with E-state index in [0.29, 0.717) is 6.04 Å². The fourth-order valence-electron chi connectivity index (χ4n) is 3.40. The van der Waals surface area contributed by atoms with Gasteiger partial charge in [0, 0.05) is 51.4 Å². The number of aliphatic hydroxyl groups excluding tert-OH is 1. The molecule has 1 saturated heterocycles. The number of hydrogen-bond donors (Lipinski definition) is 2. The molecule has 1 aliphatic heterocycles. The van der Waals surface area contributed by atoms with Crippen LogP contribution in [0.4, 0.5) is 5.69 Å². The highest BCUT2D eigenvalue weighted by molar-refractivity contribution is 5.88. The van der Waals surface area contributed by atoms with E-state index in [-0.39, 0.29) is 12.5 Å². The third-order valence-corrected chi connectivity index (χ3v) is 4.83. The SMILES string of the molecule is CC(=O)Nc1ccc(CN2CCN(CCC(C)C)[C@H](CCO)C2)cc1. The fraction of sp³-hybridized carbons (Fsp3) is 0.650. The molecular formula is C20H33N3O2. The van der Waals surface area contributed by atoms with E-state index < -0.39 is 0 Å². The normalized spacial score (nSPS) is 19.3. The van der Waals surface area contributed by atoms with Crippen LogP contribution in [0.15, 0.2) is 24.3 Å². The summed E-state index contributed by atoms with van der Waals surface area (Å²) in [5, 5.41) is 12.2. The number of amides is 1. The van der Waals surface area contributed by atoms with Crippen molar-refractivity contribution in [2.24, 2.45) is 5.92 Å². The molecule has 0 aliphatic carbocycles. The van der Waals surface area contributed by atoms with Gasteiger partial charge in [-0.15, -0.1) is 0 Å². The molecule has 1 aromatic carbocycles. The van der Waals surface area contributed by atoms with Crippen LogP contribution in [0.25, 0.3) is 0 Å². The fourth-order valence-corrected chi connectivity index (χ4v) is 3.40. The van der Waals surface area contributed by atoms with Crippen molar-refractivity contribution in [2.45, 2.75) is 46.2 Å². The summed E-state index contributed by atoms with van der Waals surface area (Å²) in [5.74, 6) is 0.673. The molecule has 0 bridgehead atoms. The van der Waals surface area contributed by atoms with Crippen LogP contribution in [-0.4, -0.2) is 59.6 Å². The zero-order chi connectivity index (χ0) is 18.2. The van der Waals surface area contributed by atoms with Crippen molar-refractivity contribution in [1.29, 1.82) is 0 Å². The van der Waals surface area contributed by atoms with Crippen molar-refractivity contribution < 1.29 is 9.90 Å². The lowest BCUT2D eigenvalue weighted by atomic mass is 10.0. The zero-order valence-corrected chi connectivity index (χ0v) is 15.9. The molecule has 1 heterocycles. The Morgan fingerprint density at radius 3 is 2.60 bits per heavy atom. The van der Waals surface area contributed by atoms with Gasteiger partial charge in [-0.25, -0.2) is 0 Å². The summed E-state index contributed by atoms with van der Waals surface area (Å²) in [4.78, 5) is 16.1. The molecule has 0 spiro atoms. The maximum atomic E-state index is 11.1.